The Morgan fingerprint density at radius 3 is 2.85 bits per heavy atom. The Hall–Kier alpha value is -1.63. The molecule has 0 aliphatic rings. The summed E-state index contributed by atoms with van der Waals surface area (Å²) in [5.41, 5.74) is 7.45. The van der Waals surface area contributed by atoms with Crippen molar-refractivity contribution in [1.29, 1.82) is 0 Å². The van der Waals surface area contributed by atoms with Gasteiger partial charge in [-0.1, -0.05) is 12.1 Å². The number of carbonyl (C=O) groups excluding carboxylic acids is 1. The fourth-order valence-corrected chi connectivity index (χ4v) is 1.74. The number of aliphatic hydroxyl groups excluding tert-OH is 1. The van der Waals surface area contributed by atoms with Crippen LogP contribution in [0.1, 0.15) is 18.5 Å². The summed E-state index contributed by atoms with van der Waals surface area (Å²) in [6.45, 7) is 2.92. The Labute approximate surface area is 119 Å². The van der Waals surface area contributed by atoms with Gasteiger partial charge in [0.05, 0.1) is 13.2 Å². The van der Waals surface area contributed by atoms with Gasteiger partial charge >= 0.3 is 6.03 Å². The Bertz CT molecular complexity index is 424. The van der Waals surface area contributed by atoms with E-state index in [0.717, 1.165) is 5.56 Å². The zero-order chi connectivity index (χ0) is 15.0. The van der Waals surface area contributed by atoms with Gasteiger partial charge in [0, 0.05) is 31.9 Å². The van der Waals surface area contributed by atoms with E-state index in [1.165, 1.54) is 4.90 Å². The molecule has 0 saturated carbocycles. The number of anilines is 1. The van der Waals surface area contributed by atoms with Crippen LogP contribution in [0.2, 0.25) is 0 Å². The van der Waals surface area contributed by atoms with Gasteiger partial charge in [-0.2, -0.15) is 0 Å². The summed E-state index contributed by atoms with van der Waals surface area (Å²) in [6, 6.07) is 7.05. The maximum absolute atomic E-state index is 12.1. The third kappa shape index (κ3) is 5.16. The molecule has 20 heavy (non-hydrogen) atoms. The summed E-state index contributed by atoms with van der Waals surface area (Å²) in [7, 11) is 1.57. The second-order valence-corrected chi connectivity index (χ2v) is 4.55. The summed E-state index contributed by atoms with van der Waals surface area (Å²) in [6.07, 6.45) is 0. The SMILES string of the molecule is COCCN(CCO)C(=O)Nc1cccc(C(C)N)c1. The molecule has 0 aromatic heterocycles. The van der Waals surface area contributed by atoms with E-state index in [4.69, 9.17) is 15.6 Å². The predicted molar refractivity (Wildman–Crippen MR) is 78.6 cm³/mol. The van der Waals surface area contributed by atoms with E-state index in [1.54, 1.807) is 13.2 Å². The lowest BCUT2D eigenvalue weighted by Gasteiger charge is -2.22. The quantitative estimate of drug-likeness (QED) is 0.700. The largest absolute Gasteiger partial charge is 0.395 e. The van der Waals surface area contributed by atoms with E-state index in [2.05, 4.69) is 5.32 Å². The summed E-state index contributed by atoms with van der Waals surface area (Å²) in [5.74, 6) is 0. The molecule has 1 unspecified atom stereocenters. The van der Waals surface area contributed by atoms with Crippen molar-refractivity contribution >= 4 is 11.7 Å². The van der Waals surface area contributed by atoms with Gasteiger partial charge in [-0.25, -0.2) is 4.79 Å². The second kappa shape index (κ2) is 8.52. The lowest BCUT2D eigenvalue weighted by molar-refractivity contribution is 0.142. The third-order valence-corrected chi connectivity index (χ3v) is 2.89. The first kappa shape index (κ1) is 16.4. The smallest absolute Gasteiger partial charge is 0.321 e. The molecule has 2 amide bonds. The molecular weight excluding hydrogens is 258 g/mol. The molecule has 4 N–H and O–H groups in total. The minimum atomic E-state index is -0.266. The van der Waals surface area contributed by atoms with Crippen LogP contribution in [-0.4, -0.2) is 49.5 Å². The third-order valence-electron chi connectivity index (χ3n) is 2.89. The molecule has 1 atom stereocenters. The van der Waals surface area contributed by atoms with Gasteiger partial charge in [0.15, 0.2) is 0 Å². The topological polar surface area (TPSA) is 87.8 Å². The minimum Gasteiger partial charge on any atom is -0.395 e. The van der Waals surface area contributed by atoms with Crippen molar-refractivity contribution in [3.63, 3.8) is 0 Å². The second-order valence-electron chi connectivity index (χ2n) is 4.55. The van der Waals surface area contributed by atoms with Crippen molar-refractivity contribution in [3.8, 4) is 0 Å². The van der Waals surface area contributed by atoms with Gasteiger partial charge in [0.2, 0.25) is 0 Å². The number of aliphatic hydroxyl groups is 1. The average molecular weight is 281 g/mol. The van der Waals surface area contributed by atoms with Crippen LogP contribution in [0.15, 0.2) is 24.3 Å². The molecule has 0 bridgehead atoms. The molecule has 112 valence electrons. The molecule has 1 aromatic carbocycles. The van der Waals surface area contributed by atoms with Gasteiger partial charge in [0.25, 0.3) is 0 Å². The number of hydrogen-bond donors (Lipinski definition) is 3. The molecule has 0 aliphatic carbocycles. The number of nitrogens with zero attached hydrogens (tertiary/aromatic N) is 1. The van der Waals surface area contributed by atoms with Crippen LogP contribution in [-0.2, 0) is 4.74 Å². The maximum Gasteiger partial charge on any atom is 0.321 e. The van der Waals surface area contributed by atoms with E-state index >= 15 is 0 Å². The number of hydrogen-bond acceptors (Lipinski definition) is 4. The summed E-state index contributed by atoms with van der Waals surface area (Å²) >= 11 is 0. The Balaban J connectivity index is 2.69. The minimum absolute atomic E-state index is 0.0863. The first-order valence-electron chi connectivity index (χ1n) is 6.59. The van der Waals surface area contributed by atoms with Gasteiger partial charge in [-0.15, -0.1) is 0 Å². The molecule has 1 rings (SSSR count). The standard InChI is InChI=1S/C14H23N3O3/c1-11(15)12-4-3-5-13(10-12)16-14(19)17(6-8-18)7-9-20-2/h3-5,10-11,18H,6-9,15H2,1-2H3,(H,16,19). The van der Waals surface area contributed by atoms with Crippen LogP contribution in [0.3, 0.4) is 0 Å². The lowest BCUT2D eigenvalue weighted by Crippen LogP contribution is -2.39. The highest BCUT2D eigenvalue weighted by molar-refractivity contribution is 5.89. The maximum atomic E-state index is 12.1. The van der Waals surface area contributed by atoms with Gasteiger partial charge in [0.1, 0.15) is 0 Å². The van der Waals surface area contributed by atoms with Crippen molar-refractivity contribution in [2.75, 3.05) is 38.7 Å². The number of benzene rings is 1. The summed E-state index contributed by atoms with van der Waals surface area (Å²) < 4.78 is 4.95. The van der Waals surface area contributed by atoms with E-state index in [9.17, 15) is 4.79 Å². The van der Waals surface area contributed by atoms with Gasteiger partial charge < -0.3 is 25.8 Å². The number of ether oxygens (including phenoxy) is 1. The summed E-state index contributed by atoms with van der Waals surface area (Å²) in [5, 5.41) is 11.8. The van der Waals surface area contributed by atoms with E-state index < -0.39 is 0 Å². The van der Waals surface area contributed by atoms with Crippen LogP contribution in [0.25, 0.3) is 0 Å². The number of carbonyl (C=O) groups is 1. The lowest BCUT2D eigenvalue weighted by atomic mass is 10.1. The van der Waals surface area contributed by atoms with Crippen LogP contribution in [0, 0.1) is 0 Å². The molecule has 0 radical (unpaired) electrons. The van der Waals surface area contributed by atoms with Crippen LogP contribution in [0.4, 0.5) is 10.5 Å². The Morgan fingerprint density at radius 2 is 2.25 bits per heavy atom. The van der Waals surface area contributed by atoms with Gasteiger partial charge in [-0.05, 0) is 24.6 Å². The molecular formula is C14H23N3O3. The van der Waals surface area contributed by atoms with Crippen molar-refractivity contribution in [2.24, 2.45) is 5.73 Å². The molecule has 1 aromatic rings. The Kier molecular flexibility index (Phi) is 7.00. The van der Waals surface area contributed by atoms with Crippen molar-refractivity contribution in [3.05, 3.63) is 29.8 Å². The fourth-order valence-electron chi connectivity index (χ4n) is 1.74. The highest BCUT2D eigenvalue weighted by Gasteiger charge is 2.13. The fraction of sp³-hybridized carbons (Fsp3) is 0.500. The van der Waals surface area contributed by atoms with E-state index in [0.29, 0.717) is 18.8 Å². The normalized spacial score (nSPS) is 12.0. The van der Waals surface area contributed by atoms with Crippen LogP contribution >= 0.6 is 0 Å². The van der Waals surface area contributed by atoms with E-state index in [1.807, 2.05) is 25.1 Å². The molecule has 6 nitrogen and oxygen atoms in total. The molecule has 0 aliphatic heterocycles. The van der Waals surface area contributed by atoms with Crippen LogP contribution in [0.5, 0.6) is 0 Å². The van der Waals surface area contributed by atoms with Crippen molar-refractivity contribution in [2.45, 2.75) is 13.0 Å². The highest BCUT2D eigenvalue weighted by Crippen LogP contribution is 2.16. The number of amides is 2. The number of nitrogens with one attached hydrogen (secondary N) is 1. The highest BCUT2D eigenvalue weighted by atomic mass is 16.5. The number of nitrogens with two attached hydrogens (primary N) is 1. The molecule has 6 heteroatoms. The summed E-state index contributed by atoms with van der Waals surface area (Å²) in [4.78, 5) is 13.6. The average Bonchev–Trinajstić information content (AvgIpc) is 2.43. The zero-order valence-electron chi connectivity index (χ0n) is 12.0. The molecule has 0 saturated heterocycles. The number of rotatable bonds is 7. The van der Waals surface area contributed by atoms with Crippen molar-refractivity contribution < 1.29 is 14.6 Å². The molecule has 0 heterocycles. The number of urea groups is 1. The Morgan fingerprint density at radius 1 is 1.50 bits per heavy atom. The zero-order valence-corrected chi connectivity index (χ0v) is 12.0. The first-order valence-corrected chi connectivity index (χ1v) is 6.59. The molecule has 0 spiro atoms. The van der Waals surface area contributed by atoms with E-state index in [-0.39, 0.29) is 25.2 Å². The molecule has 0 fully saturated rings. The monoisotopic (exact) mass is 281 g/mol. The first-order chi connectivity index (χ1) is 9.58. The van der Waals surface area contributed by atoms with Crippen LogP contribution < -0.4 is 11.1 Å². The number of methoxy groups -OCH3 is 1. The predicted octanol–water partition coefficient (Wildman–Crippen LogP) is 1.18. The van der Waals surface area contributed by atoms with Gasteiger partial charge in [-0.3, -0.25) is 0 Å². The van der Waals surface area contributed by atoms with Crippen molar-refractivity contribution in [1.82, 2.24) is 4.90 Å².